The van der Waals surface area contributed by atoms with E-state index in [1.807, 2.05) is 6.07 Å². The molecule has 5 N–H and O–H groups in total. The summed E-state index contributed by atoms with van der Waals surface area (Å²) in [5.41, 5.74) is 4.13. The van der Waals surface area contributed by atoms with E-state index < -0.39 is 69.3 Å². The molecule has 2 aromatic rings. The van der Waals surface area contributed by atoms with E-state index in [4.69, 9.17) is 33.7 Å². The summed E-state index contributed by atoms with van der Waals surface area (Å²) in [6.45, 7) is 5.33. The minimum absolute atomic E-state index is 0.0453. The third-order valence-corrected chi connectivity index (χ3v) is 10.6. The molecule has 18 heteroatoms. The minimum atomic E-state index is -4.54. The number of rotatable bonds is 26. The van der Waals surface area contributed by atoms with E-state index in [2.05, 4.69) is 46.4 Å². The first-order chi connectivity index (χ1) is 26.9. The molecule has 56 heavy (non-hydrogen) atoms. The van der Waals surface area contributed by atoms with Crippen LogP contribution in [-0.4, -0.2) is 87.4 Å². The third-order valence-electron chi connectivity index (χ3n) is 8.92. The first-order valence-electron chi connectivity index (χ1n) is 19.4. The van der Waals surface area contributed by atoms with Crippen LogP contribution in [0.3, 0.4) is 0 Å². The first-order valence-corrected chi connectivity index (χ1v) is 20.9. The second kappa shape index (κ2) is 24.0. The Labute approximate surface area is 329 Å². The first kappa shape index (κ1) is 46.5. The van der Waals surface area contributed by atoms with Crippen molar-refractivity contribution in [1.82, 2.24) is 19.7 Å². The Morgan fingerprint density at radius 2 is 1.71 bits per heavy atom. The molecule has 1 aliphatic rings. The van der Waals surface area contributed by atoms with Gasteiger partial charge in [-0.2, -0.15) is 10.4 Å². The van der Waals surface area contributed by atoms with Gasteiger partial charge in [0, 0.05) is 0 Å². The van der Waals surface area contributed by atoms with Gasteiger partial charge in [0.25, 0.3) is 0 Å². The van der Waals surface area contributed by atoms with Gasteiger partial charge in [0.2, 0.25) is 12.4 Å². The van der Waals surface area contributed by atoms with Crippen LogP contribution in [0.5, 0.6) is 0 Å². The average molecular weight is 807 g/mol. The number of hydrogen-bond acceptors (Lipinski definition) is 15. The lowest BCUT2D eigenvalue weighted by molar-refractivity contribution is -0.145. The zero-order chi connectivity index (χ0) is 41.0. The maximum Gasteiger partial charge on any atom is 0.510 e. The number of allylic oxidation sites excluding steroid dienone is 4. The molecule has 0 bridgehead atoms. The van der Waals surface area contributed by atoms with Crippen LogP contribution < -0.4 is 10.8 Å². The molecule has 6 atom stereocenters. The van der Waals surface area contributed by atoms with Crippen molar-refractivity contribution in [2.24, 2.45) is 0 Å². The van der Waals surface area contributed by atoms with E-state index in [9.17, 15) is 29.6 Å². The van der Waals surface area contributed by atoms with E-state index in [-0.39, 0.29) is 18.1 Å². The molecule has 0 radical (unpaired) electrons. The molecular formula is C38H59N6O11P. The minimum Gasteiger partial charge on any atom is -0.465 e. The molecule has 3 heterocycles. The Bertz CT molecular complexity index is 1660. The van der Waals surface area contributed by atoms with Crippen LogP contribution >= 0.6 is 7.75 Å². The molecule has 0 amide bonds. The summed E-state index contributed by atoms with van der Waals surface area (Å²) < 4.78 is 46.9. The van der Waals surface area contributed by atoms with E-state index in [0.717, 1.165) is 57.7 Å². The maximum absolute atomic E-state index is 13.9. The Kier molecular flexibility index (Phi) is 19.9. The number of carbonyl (C=O) groups excluding carboxylic acids is 2. The second-order valence-electron chi connectivity index (χ2n) is 13.8. The number of ether oxygens (including phenoxy) is 4. The molecule has 0 aliphatic carbocycles. The number of carbonyl (C=O) groups is 2. The fraction of sp³-hybridized carbons (Fsp3) is 0.658. The van der Waals surface area contributed by atoms with E-state index in [0.29, 0.717) is 11.9 Å². The van der Waals surface area contributed by atoms with Crippen LogP contribution in [0, 0.1) is 11.3 Å². The van der Waals surface area contributed by atoms with E-state index in [1.165, 1.54) is 42.8 Å². The highest BCUT2D eigenvalue weighted by Crippen LogP contribution is 2.47. The van der Waals surface area contributed by atoms with Crippen LogP contribution in [0.2, 0.25) is 0 Å². The molecule has 1 aliphatic heterocycles. The fourth-order valence-corrected chi connectivity index (χ4v) is 7.22. The van der Waals surface area contributed by atoms with Gasteiger partial charge < -0.3 is 34.9 Å². The highest BCUT2D eigenvalue weighted by Gasteiger charge is 2.58. The Morgan fingerprint density at radius 3 is 2.39 bits per heavy atom. The number of nitrogens with one attached hydrogen (secondary N) is 1. The Balaban J connectivity index is 1.48. The van der Waals surface area contributed by atoms with Crippen molar-refractivity contribution >= 4 is 31.2 Å². The number of hydrogen-bond donors (Lipinski definition) is 4. The van der Waals surface area contributed by atoms with Gasteiger partial charge in [-0.3, -0.25) is 13.8 Å². The number of nitrogens with two attached hydrogens (primary N) is 1. The summed E-state index contributed by atoms with van der Waals surface area (Å²) >= 11 is 0. The monoisotopic (exact) mass is 806 g/mol. The summed E-state index contributed by atoms with van der Waals surface area (Å²) in [5, 5.41) is 38.7. The van der Waals surface area contributed by atoms with Gasteiger partial charge in [-0.1, -0.05) is 69.8 Å². The highest BCUT2D eigenvalue weighted by molar-refractivity contribution is 7.51. The molecule has 0 spiro atoms. The zero-order valence-electron chi connectivity index (χ0n) is 32.9. The number of fused-ring (bicyclic) bond motifs is 1. The van der Waals surface area contributed by atoms with Gasteiger partial charge in [-0.15, -0.1) is 0 Å². The van der Waals surface area contributed by atoms with E-state index in [1.54, 1.807) is 13.8 Å². The maximum atomic E-state index is 13.9. The molecule has 17 nitrogen and oxygen atoms in total. The normalized spacial score (nSPS) is 21.4. The summed E-state index contributed by atoms with van der Waals surface area (Å²) in [6, 6.07) is 3.64. The summed E-state index contributed by atoms with van der Waals surface area (Å²) in [5.74, 6) is -0.636. The van der Waals surface area contributed by atoms with Crippen LogP contribution in [0.25, 0.3) is 5.52 Å². The predicted molar refractivity (Wildman–Crippen MR) is 207 cm³/mol. The van der Waals surface area contributed by atoms with Gasteiger partial charge in [-0.25, -0.2) is 23.9 Å². The number of aromatic nitrogens is 3. The third kappa shape index (κ3) is 14.3. The lowest BCUT2D eigenvalue weighted by atomic mass is 9.92. The number of aliphatic hydroxyl groups excluding tert-OH is 2. The molecule has 1 fully saturated rings. The van der Waals surface area contributed by atoms with Crippen LogP contribution in [0.4, 0.5) is 10.6 Å². The largest absolute Gasteiger partial charge is 0.510 e. The zero-order valence-corrected chi connectivity index (χ0v) is 33.8. The van der Waals surface area contributed by atoms with Crippen LogP contribution in [0.1, 0.15) is 110 Å². The molecule has 1 saturated heterocycles. The number of nitriles is 1. The fourth-order valence-electron chi connectivity index (χ4n) is 5.88. The molecule has 0 aromatic carbocycles. The van der Waals surface area contributed by atoms with Crippen molar-refractivity contribution in [1.29, 1.82) is 5.26 Å². The van der Waals surface area contributed by atoms with Gasteiger partial charge in [0.15, 0.2) is 5.82 Å². The van der Waals surface area contributed by atoms with Gasteiger partial charge in [0.1, 0.15) is 42.3 Å². The number of nitrogen functional groups attached to an aromatic ring is 1. The Morgan fingerprint density at radius 1 is 1.04 bits per heavy atom. The average Bonchev–Trinajstić information content (AvgIpc) is 3.71. The highest BCUT2D eigenvalue weighted by atomic mass is 31.2. The van der Waals surface area contributed by atoms with Crippen molar-refractivity contribution in [3.05, 3.63) is 48.5 Å². The smallest absolute Gasteiger partial charge is 0.465 e. The second-order valence-corrected chi connectivity index (χ2v) is 15.6. The lowest BCUT2D eigenvalue weighted by Crippen LogP contribution is -2.41. The standard InChI is InChI=1S/C38H59N6O11P/c1-5-6-7-8-9-10-11-12-13-14-15-16-17-18-19-20-23-50-36(47)29(4)43-56(49,53-27-51-37(48)54-28(2)3)52-24-31-33(45)34(46)38(25-39,55-31)32-22-21-30-35(40)41-26-42-44(30)32/h9-10,12-13,21-22,26,28-29,31,33-34,45-46H,5-8,11,14-20,23-24,27H2,1-4H3,(H,43,49)(H2,40,41,42)/b10-9-,13-12-/t29-,31+,33+,34+,38-,56?/m0/s1. The number of anilines is 1. The number of nitrogens with zero attached hydrogens (tertiary/aromatic N) is 4. The Hall–Kier alpha value is -3.88. The molecule has 312 valence electrons. The SMILES string of the molecule is CCCCC/C=C\C/C=C\CCCCCCCCOC(=O)[C@H](C)NP(=O)(OCOC(=O)OC(C)C)OC[C@H]1O[C@@](C#N)(c2ccc3c(N)ncnn23)[C@H](O)[C@@H]1O. The van der Waals surface area contributed by atoms with Gasteiger partial charge >= 0.3 is 19.9 Å². The number of unbranched alkanes of at least 4 members (excludes halogenated alkanes) is 9. The van der Waals surface area contributed by atoms with Gasteiger partial charge in [0.05, 0.1) is 25.0 Å². The van der Waals surface area contributed by atoms with Crippen LogP contribution in [0.15, 0.2) is 42.8 Å². The quantitative estimate of drug-likeness (QED) is 0.0274. The van der Waals surface area contributed by atoms with Crippen molar-refractivity contribution in [2.75, 3.05) is 25.7 Å². The number of esters is 1. The molecule has 1 unspecified atom stereocenters. The molecule has 3 rings (SSSR count). The summed E-state index contributed by atoms with van der Waals surface area (Å²) in [6.07, 6.45) is 16.4. The topological polar surface area (TPSA) is 239 Å². The van der Waals surface area contributed by atoms with Crippen LogP contribution in [-0.2, 0) is 43.0 Å². The number of aliphatic hydroxyl groups is 2. The molecule has 0 saturated carbocycles. The van der Waals surface area contributed by atoms with E-state index >= 15 is 0 Å². The van der Waals surface area contributed by atoms with Crippen molar-refractivity contribution in [3.63, 3.8) is 0 Å². The molecule has 2 aromatic heterocycles. The molecular weight excluding hydrogens is 747 g/mol. The van der Waals surface area contributed by atoms with Crippen molar-refractivity contribution < 1.29 is 52.4 Å². The van der Waals surface area contributed by atoms with Crippen molar-refractivity contribution in [2.45, 2.75) is 141 Å². The lowest BCUT2D eigenvalue weighted by Gasteiger charge is -2.25. The predicted octanol–water partition coefficient (Wildman–Crippen LogP) is 6.15. The van der Waals surface area contributed by atoms with Gasteiger partial charge in [-0.05, 0) is 71.4 Å². The summed E-state index contributed by atoms with van der Waals surface area (Å²) in [4.78, 5) is 28.6. The summed E-state index contributed by atoms with van der Waals surface area (Å²) in [7, 11) is -4.54. The van der Waals surface area contributed by atoms with Crippen molar-refractivity contribution in [3.8, 4) is 6.07 Å².